The van der Waals surface area contributed by atoms with Crippen LogP contribution in [-0.4, -0.2) is 16.1 Å². The van der Waals surface area contributed by atoms with E-state index in [0.717, 1.165) is 23.1 Å². The first-order chi connectivity index (χ1) is 10.1. The molecule has 110 valence electrons. The van der Waals surface area contributed by atoms with Crippen LogP contribution in [0.3, 0.4) is 0 Å². The number of pyridine rings is 1. The zero-order valence-corrected chi connectivity index (χ0v) is 14.2. The Hall–Kier alpha value is -1.46. The third kappa shape index (κ3) is 5.81. The maximum atomic E-state index is 5.30. The highest BCUT2D eigenvalue weighted by molar-refractivity contribution is 9.10. The summed E-state index contributed by atoms with van der Waals surface area (Å²) in [4.78, 5) is 4.23. The average molecular weight is 364 g/mol. The van der Waals surface area contributed by atoms with E-state index in [1.165, 1.54) is 5.56 Å². The molecule has 0 unspecified atom stereocenters. The lowest BCUT2D eigenvalue weighted by Gasteiger charge is -2.16. The van der Waals surface area contributed by atoms with Crippen molar-refractivity contribution in [1.82, 2.24) is 10.3 Å². The van der Waals surface area contributed by atoms with Gasteiger partial charge in [0.1, 0.15) is 5.82 Å². The standard InChI is InChI=1S/C16H18BrN3S/c1-12(7-8-13-5-3-2-4-6-13)19-16(21)20-15-10-9-14(17)11-18-15/h2-6,9-12H,7-8H2,1H3,(H2,18,19,20,21)/t12-/m1/s1. The van der Waals surface area contributed by atoms with E-state index in [0.29, 0.717) is 11.2 Å². The van der Waals surface area contributed by atoms with Crippen molar-refractivity contribution >= 4 is 39.1 Å². The Bertz CT molecular complexity index is 572. The molecule has 2 rings (SSSR count). The normalized spacial score (nSPS) is 11.7. The van der Waals surface area contributed by atoms with Crippen molar-refractivity contribution in [3.63, 3.8) is 0 Å². The summed E-state index contributed by atoms with van der Waals surface area (Å²) < 4.78 is 0.947. The number of hydrogen-bond acceptors (Lipinski definition) is 2. The Balaban J connectivity index is 1.75. The first-order valence-corrected chi connectivity index (χ1v) is 8.06. The van der Waals surface area contributed by atoms with E-state index in [1.54, 1.807) is 6.20 Å². The molecule has 21 heavy (non-hydrogen) atoms. The monoisotopic (exact) mass is 363 g/mol. The molecule has 0 saturated carbocycles. The number of aromatic nitrogens is 1. The molecule has 0 bridgehead atoms. The fraction of sp³-hybridized carbons (Fsp3) is 0.250. The van der Waals surface area contributed by atoms with Crippen LogP contribution in [0.1, 0.15) is 18.9 Å². The van der Waals surface area contributed by atoms with E-state index in [-0.39, 0.29) is 0 Å². The molecule has 0 fully saturated rings. The number of hydrogen-bond donors (Lipinski definition) is 2. The van der Waals surface area contributed by atoms with Crippen LogP contribution >= 0.6 is 28.1 Å². The van der Waals surface area contributed by atoms with Gasteiger partial charge in [-0.05, 0) is 65.6 Å². The summed E-state index contributed by atoms with van der Waals surface area (Å²) in [6.07, 6.45) is 3.80. The highest BCUT2D eigenvalue weighted by Gasteiger charge is 2.05. The largest absolute Gasteiger partial charge is 0.360 e. The SMILES string of the molecule is C[C@H](CCc1ccccc1)NC(=S)Nc1ccc(Br)cn1. The predicted molar refractivity (Wildman–Crippen MR) is 95.5 cm³/mol. The van der Waals surface area contributed by atoms with Crippen LogP contribution in [0.5, 0.6) is 0 Å². The van der Waals surface area contributed by atoms with Crippen molar-refractivity contribution in [3.05, 3.63) is 58.7 Å². The molecule has 0 radical (unpaired) electrons. The topological polar surface area (TPSA) is 37.0 Å². The van der Waals surface area contributed by atoms with Crippen molar-refractivity contribution < 1.29 is 0 Å². The molecular weight excluding hydrogens is 346 g/mol. The first-order valence-electron chi connectivity index (χ1n) is 6.86. The van der Waals surface area contributed by atoms with E-state index in [2.05, 4.69) is 62.7 Å². The first kappa shape index (κ1) is 15.9. The van der Waals surface area contributed by atoms with Crippen LogP contribution in [0.4, 0.5) is 5.82 Å². The van der Waals surface area contributed by atoms with Gasteiger partial charge < -0.3 is 10.6 Å². The Morgan fingerprint density at radius 1 is 1.24 bits per heavy atom. The van der Waals surface area contributed by atoms with Gasteiger partial charge in [0.25, 0.3) is 0 Å². The van der Waals surface area contributed by atoms with Gasteiger partial charge >= 0.3 is 0 Å². The number of anilines is 1. The zero-order chi connectivity index (χ0) is 15.1. The van der Waals surface area contributed by atoms with Crippen molar-refractivity contribution in [2.24, 2.45) is 0 Å². The van der Waals surface area contributed by atoms with Gasteiger partial charge in [-0.1, -0.05) is 30.3 Å². The van der Waals surface area contributed by atoms with Gasteiger partial charge in [-0.25, -0.2) is 4.98 Å². The summed E-state index contributed by atoms with van der Waals surface area (Å²) in [7, 11) is 0. The van der Waals surface area contributed by atoms with E-state index >= 15 is 0 Å². The van der Waals surface area contributed by atoms with E-state index < -0.39 is 0 Å². The fourth-order valence-corrected chi connectivity index (χ4v) is 2.47. The number of nitrogens with one attached hydrogen (secondary N) is 2. The molecule has 0 saturated heterocycles. The van der Waals surface area contributed by atoms with Crippen LogP contribution in [0.2, 0.25) is 0 Å². The zero-order valence-electron chi connectivity index (χ0n) is 11.8. The lowest BCUT2D eigenvalue weighted by Crippen LogP contribution is -2.36. The van der Waals surface area contributed by atoms with Gasteiger partial charge in [0, 0.05) is 16.7 Å². The van der Waals surface area contributed by atoms with Crippen LogP contribution in [0.15, 0.2) is 53.1 Å². The van der Waals surface area contributed by atoms with Crippen molar-refractivity contribution in [2.45, 2.75) is 25.8 Å². The van der Waals surface area contributed by atoms with E-state index in [9.17, 15) is 0 Å². The lowest BCUT2D eigenvalue weighted by molar-refractivity contribution is 0.609. The number of halogens is 1. The molecule has 0 aliphatic rings. The lowest BCUT2D eigenvalue weighted by atomic mass is 10.1. The second-order valence-electron chi connectivity index (χ2n) is 4.89. The van der Waals surface area contributed by atoms with E-state index in [4.69, 9.17) is 12.2 Å². The molecule has 0 spiro atoms. The predicted octanol–water partition coefficient (Wildman–Crippen LogP) is 4.15. The molecule has 0 aliphatic heterocycles. The molecule has 2 N–H and O–H groups in total. The summed E-state index contributed by atoms with van der Waals surface area (Å²) >= 11 is 8.66. The fourth-order valence-electron chi connectivity index (χ4n) is 1.93. The quantitative estimate of drug-likeness (QED) is 0.782. The highest BCUT2D eigenvalue weighted by Crippen LogP contribution is 2.10. The molecule has 0 amide bonds. The Labute approximate surface area is 139 Å². The van der Waals surface area contributed by atoms with Crippen molar-refractivity contribution in [1.29, 1.82) is 0 Å². The molecule has 0 aliphatic carbocycles. The molecule has 3 nitrogen and oxygen atoms in total. The molecule has 1 atom stereocenters. The minimum absolute atomic E-state index is 0.306. The van der Waals surface area contributed by atoms with Crippen LogP contribution in [0, 0.1) is 0 Å². The molecule has 1 aromatic heterocycles. The minimum Gasteiger partial charge on any atom is -0.360 e. The molecule has 2 aromatic rings. The summed E-state index contributed by atoms with van der Waals surface area (Å²) in [6, 6.07) is 14.6. The molecular formula is C16H18BrN3S. The highest BCUT2D eigenvalue weighted by atomic mass is 79.9. The maximum absolute atomic E-state index is 5.30. The number of rotatable bonds is 5. The van der Waals surface area contributed by atoms with Crippen LogP contribution in [0.25, 0.3) is 0 Å². The van der Waals surface area contributed by atoms with Gasteiger partial charge in [0.05, 0.1) is 0 Å². The maximum Gasteiger partial charge on any atom is 0.172 e. The second-order valence-corrected chi connectivity index (χ2v) is 6.21. The Kier molecular flexibility index (Phi) is 6.14. The summed E-state index contributed by atoms with van der Waals surface area (Å²) in [6.45, 7) is 2.13. The average Bonchev–Trinajstić information content (AvgIpc) is 2.48. The van der Waals surface area contributed by atoms with Gasteiger partial charge in [0.2, 0.25) is 0 Å². The molecule has 1 aromatic carbocycles. The third-order valence-corrected chi connectivity index (χ3v) is 3.74. The van der Waals surface area contributed by atoms with E-state index in [1.807, 2.05) is 18.2 Å². The second kappa shape index (κ2) is 8.10. The van der Waals surface area contributed by atoms with Crippen LogP contribution < -0.4 is 10.6 Å². The van der Waals surface area contributed by atoms with Gasteiger partial charge in [-0.3, -0.25) is 0 Å². The number of nitrogens with zero attached hydrogens (tertiary/aromatic N) is 1. The van der Waals surface area contributed by atoms with Gasteiger partial charge in [-0.15, -0.1) is 0 Å². The summed E-state index contributed by atoms with van der Waals surface area (Å²) in [5.41, 5.74) is 1.35. The number of thiocarbonyl (C=S) groups is 1. The smallest absolute Gasteiger partial charge is 0.172 e. The van der Waals surface area contributed by atoms with Crippen molar-refractivity contribution in [2.75, 3.05) is 5.32 Å². The Morgan fingerprint density at radius 3 is 2.67 bits per heavy atom. The minimum atomic E-state index is 0.306. The third-order valence-electron chi connectivity index (χ3n) is 3.06. The van der Waals surface area contributed by atoms with Crippen LogP contribution in [-0.2, 0) is 6.42 Å². The van der Waals surface area contributed by atoms with Gasteiger partial charge in [0.15, 0.2) is 5.11 Å². The van der Waals surface area contributed by atoms with Gasteiger partial charge in [-0.2, -0.15) is 0 Å². The summed E-state index contributed by atoms with van der Waals surface area (Å²) in [5.74, 6) is 0.742. The summed E-state index contributed by atoms with van der Waals surface area (Å²) in [5, 5.41) is 6.97. The molecule has 5 heteroatoms. The van der Waals surface area contributed by atoms with Crippen molar-refractivity contribution in [3.8, 4) is 0 Å². The Morgan fingerprint density at radius 2 is 2.00 bits per heavy atom. The number of benzene rings is 1. The number of aryl methyl sites for hydroxylation is 1. The molecule has 1 heterocycles.